The molecule has 0 saturated carbocycles. The molecular formula is C11H18N2O2S. The van der Waals surface area contributed by atoms with Gasteiger partial charge in [-0.1, -0.05) is 25.1 Å². The smallest absolute Gasteiger partial charge is 0.229 e. The van der Waals surface area contributed by atoms with Crippen molar-refractivity contribution < 1.29 is 8.42 Å². The molecule has 0 bridgehead atoms. The predicted molar refractivity (Wildman–Crippen MR) is 67.0 cm³/mol. The molecule has 0 saturated heterocycles. The van der Waals surface area contributed by atoms with Crippen molar-refractivity contribution in [1.82, 2.24) is 5.32 Å². The van der Waals surface area contributed by atoms with E-state index < -0.39 is 10.0 Å². The van der Waals surface area contributed by atoms with Crippen LogP contribution < -0.4 is 10.0 Å². The molecule has 0 aliphatic carbocycles. The summed E-state index contributed by atoms with van der Waals surface area (Å²) in [6, 6.07) is 7.52. The Hall–Kier alpha value is -1.07. The van der Waals surface area contributed by atoms with Crippen molar-refractivity contribution in [1.29, 1.82) is 0 Å². The Morgan fingerprint density at radius 3 is 2.50 bits per heavy atom. The Morgan fingerprint density at radius 2 is 1.94 bits per heavy atom. The molecule has 1 aromatic carbocycles. The average Bonchev–Trinajstić information content (AvgIpc) is 2.16. The molecule has 5 heteroatoms. The molecule has 1 rings (SSSR count). The lowest BCUT2D eigenvalue weighted by Crippen LogP contribution is -2.20. The molecule has 0 aliphatic heterocycles. The zero-order valence-corrected chi connectivity index (χ0v) is 10.6. The van der Waals surface area contributed by atoms with Crippen LogP contribution >= 0.6 is 0 Å². The fourth-order valence-electron chi connectivity index (χ4n) is 1.58. The van der Waals surface area contributed by atoms with Crippen molar-refractivity contribution in [2.24, 2.45) is 0 Å². The van der Waals surface area contributed by atoms with Gasteiger partial charge in [0.2, 0.25) is 10.0 Å². The van der Waals surface area contributed by atoms with E-state index in [1.165, 1.54) is 0 Å². The number of rotatable bonds is 5. The van der Waals surface area contributed by atoms with Gasteiger partial charge in [-0.2, -0.15) is 0 Å². The normalized spacial score (nSPS) is 13.4. The summed E-state index contributed by atoms with van der Waals surface area (Å²) in [5, 5.41) is 3.25. The molecule has 4 nitrogen and oxygen atoms in total. The minimum absolute atomic E-state index is 0.121. The zero-order chi connectivity index (χ0) is 12.2. The first-order valence-electron chi connectivity index (χ1n) is 5.24. The highest BCUT2D eigenvalue weighted by molar-refractivity contribution is 7.92. The van der Waals surface area contributed by atoms with Crippen molar-refractivity contribution in [2.45, 2.75) is 19.9 Å². The van der Waals surface area contributed by atoms with Crippen LogP contribution in [-0.4, -0.2) is 21.2 Å². The van der Waals surface area contributed by atoms with Crippen molar-refractivity contribution in [3.63, 3.8) is 0 Å². The Kier molecular flexibility index (Phi) is 4.32. The molecule has 0 spiro atoms. The molecule has 2 N–H and O–H groups in total. The van der Waals surface area contributed by atoms with Gasteiger partial charge < -0.3 is 5.32 Å². The van der Waals surface area contributed by atoms with Crippen LogP contribution in [0.1, 0.15) is 25.5 Å². The standard InChI is InChI=1S/C11H18N2O2S/c1-4-12-9(2)10-7-5-6-8-11(10)13-16(3,14)15/h5-9,12-13H,4H2,1-3H3. The number of anilines is 1. The van der Waals surface area contributed by atoms with Crippen molar-refractivity contribution in [2.75, 3.05) is 17.5 Å². The molecule has 0 heterocycles. The van der Waals surface area contributed by atoms with Crippen molar-refractivity contribution in [3.05, 3.63) is 29.8 Å². The van der Waals surface area contributed by atoms with Gasteiger partial charge in [-0.25, -0.2) is 8.42 Å². The lowest BCUT2D eigenvalue weighted by Gasteiger charge is -2.17. The number of nitrogens with one attached hydrogen (secondary N) is 2. The van der Waals surface area contributed by atoms with Crippen LogP contribution in [0.4, 0.5) is 5.69 Å². The van der Waals surface area contributed by atoms with Gasteiger partial charge in [0.1, 0.15) is 0 Å². The molecule has 90 valence electrons. The second kappa shape index (κ2) is 5.32. The fourth-order valence-corrected chi connectivity index (χ4v) is 2.17. The lowest BCUT2D eigenvalue weighted by molar-refractivity contribution is 0.597. The Bertz CT molecular complexity index is 443. The average molecular weight is 242 g/mol. The maximum absolute atomic E-state index is 11.2. The second-order valence-electron chi connectivity index (χ2n) is 3.74. The molecule has 0 radical (unpaired) electrons. The summed E-state index contributed by atoms with van der Waals surface area (Å²) in [5.41, 5.74) is 1.59. The predicted octanol–water partition coefficient (Wildman–Crippen LogP) is 1.73. The van der Waals surface area contributed by atoms with Gasteiger partial charge in [-0.05, 0) is 25.1 Å². The van der Waals surface area contributed by atoms with Gasteiger partial charge >= 0.3 is 0 Å². The van der Waals surface area contributed by atoms with E-state index >= 15 is 0 Å². The highest BCUT2D eigenvalue weighted by atomic mass is 32.2. The molecule has 0 aliphatic rings. The fraction of sp³-hybridized carbons (Fsp3) is 0.455. The Labute approximate surface area is 97.1 Å². The summed E-state index contributed by atoms with van der Waals surface area (Å²) in [6.45, 7) is 4.86. The first kappa shape index (κ1) is 13.0. The van der Waals surface area contributed by atoms with Gasteiger partial charge in [-0.3, -0.25) is 4.72 Å². The Morgan fingerprint density at radius 1 is 1.31 bits per heavy atom. The van der Waals surface area contributed by atoms with Crippen molar-refractivity contribution in [3.8, 4) is 0 Å². The zero-order valence-electron chi connectivity index (χ0n) is 9.82. The highest BCUT2D eigenvalue weighted by Gasteiger charge is 2.11. The van der Waals surface area contributed by atoms with E-state index in [1.807, 2.05) is 32.0 Å². The van der Waals surface area contributed by atoms with Crippen LogP contribution in [0.3, 0.4) is 0 Å². The monoisotopic (exact) mass is 242 g/mol. The van der Waals surface area contributed by atoms with Crippen LogP contribution in [0.15, 0.2) is 24.3 Å². The van der Waals surface area contributed by atoms with Crippen molar-refractivity contribution >= 4 is 15.7 Å². The number of benzene rings is 1. The van der Waals surface area contributed by atoms with Crippen LogP contribution in [0.2, 0.25) is 0 Å². The SMILES string of the molecule is CCNC(C)c1ccccc1NS(C)(=O)=O. The summed E-state index contributed by atoms with van der Waals surface area (Å²) in [6.07, 6.45) is 1.15. The topological polar surface area (TPSA) is 58.2 Å². The number of hydrogen-bond acceptors (Lipinski definition) is 3. The summed E-state index contributed by atoms with van der Waals surface area (Å²) >= 11 is 0. The lowest BCUT2D eigenvalue weighted by atomic mass is 10.1. The van der Waals surface area contributed by atoms with Crippen LogP contribution in [0.25, 0.3) is 0 Å². The van der Waals surface area contributed by atoms with Gasteiger partial charge in [-0.15, -0.1) is 0 Å². The number of para-hydroxylation sites is 1. The van der Waals surface area contributed by atoms with E-state index in [4.69, 9.17) is 0 Å². The van der Waals surface area contributed by atoms with E-state index in [9.17, 15) is 8.42 Å². The van der Waals surface area contributed by atoms with Gasteiger partial charge in [0.15, 0.2) is 0 Å². The van der Waals surface area contributed by atoms with Gasteiger partial charge in [0.05, 0.1) is 11.9 Å². The van der Waals surface area contributed by atoms with Crippen LogP contribution in [-0.2, 0) is 10.0 Å². The van der Waals surface area contributed by atoms with E-state index in [-0.39, 0.29) is 6.04 Å². The summed E-state index contributed by atoms with van der Waals surface area (Å²) in [5.74, 6) is 0. The molecular weight excluding hydrogens is 224 g/mol. The molecule has 0 amide bonds. The maximum Gasteiger partial charge on any atom is 0.229 e. The molecule has 0 aromatic heterocycles. The van der Waals surface area contributed by atoms with E-state index in [1.54, 1.807) is 6.07 Å². The minimum atomic E-state index is -3.23. The van der Waals surface area contributed by atoms with Crippen LogP contribution in [0, 0.1) is 0 Å². The molecule has 0 fully saturated rings. The molecule has 1 aromatic rings. The van der Waals surface area contributed by atoms with Gasteiger partial charge in [0.25, 0.3) is 0 Å². The number of sulfonamides is 1. The summed E-state index contributed by atoms with van der Waals surface area (Å²) in [7, 11) is -3.23. The minimum Gasteiger partial charge on any atom is -0.310 e. The first-order chi connectivity index (χ1) is 7.44. The molecule has 1 atom stereocenters. The quantitative estimate of drug-likeness (QED) is 0.826. The van der Waals surface area contributed by atoms with E-state index in [2.05, 4.69) is 10.0 Å². The second-order valence-corrected chi connectivity index (χ2v) is 5.49. The highest BCUT2D eigenvalue weighted by Crippen LogP contribution is 2.22. The third-order valence-corrected chi connectivity index (χ3v) is 2.82. The summed E-state index contributed by atoms with van der Waals surface area (Å²) in [4.78, 5) is 0. The third kappa shape index (κ3) is 3.83. The third-order valence-electron chi connectivity index (χ3n) is 2.23. The summed E-state index contributed by atoms with van der Waals surface area (Å²) < 4.78 is 24.9. The molecule has 16 heavy (non-hydrogen) atoms. The maximum atomic E-state index is 11.2. The Balaban J connectivity index is 3.00. The first-order valence-corrected chi connectivity index (χ1v) is 7.13. The van der Waals surface area contributed by atoms with Crippen LogP contribution in [0.5, 0.6) is 0 Å². The number of hydrogen-bond donors (Lipinski definition) is 2. The van der Waals surface area contributed by atoms with E-state index in [0.29, 0.717) is 5.69 Å². The largest absolute Gasteiger partial charge is 0.310 e. The van der Waals surface area contributed by atoms with E-state index in [0.717, 1.165) is 18.4 Å². The van der Waals surface area contributed by atoms with Gasteiger partial charge in [0, 0.05) is 6.04 Å². The molecule has 1 unspecified atom stereocenters.